The molecule has 0 aliphatic carbocycles. The molecule has 0 bridgehead atoms. The number of likely N-dealkylation sites (N-methyl/N-ethyl adjacent to an activating group) is 1. The first kappa shape index (κ1) is 8.87. The Morgan fingerprint density at radius 2 is 2.45 bits per heavy atom. The van der Waals surface area contributed by atoms with E-state index in [4.69, 9.17) is 0 Å². The van der Waals surface area contributed by atoms with Gasteiger partial charge in [0.05, 0.1) is 7.11 Å². The zero-order valence-corrected chi connectivity index (χ0v) is 7.69. The van der Waals surface area contributed by atoms with E-state index >= 15 is 0 Å². The van der Waals surface area contributed by atoms with E-state index in [2.05, 4.69) is 4.74 Å². The average molecular weight is 175 g/mol. The average Bonchev–Trinajstić information content (AvgIpc) is 2.04. The van der Waals surface area contributed by atoms with Crippen molar-refractivity contribution in [1.82, 2.24) is 4.90 Å². The molecule has 0 spiro atoms. The summed E-state index contributed by atoms with van der Waals surface area (Å²) >= 11 is 1.81. The molecule has 0 amide bonds. The maximum atomic E-state index is 11.1. The number of esters is 1. The van der Waals surface area contributed by atoms with Gasteiger partial charge in [0.25, 0.3) is 0 Å². The molecule has 1 fully saturated rings. The predicted octanol–water partition coefficient (Wildman–Crippen LogP) is 0.207. The van der Waals surface area contributed by atoms with Crippen molar-refractivity contribution in [2.75, 3.05) is 32.2 Å². The van der Waals surface area contributed by atoms with Gasteiger partial charge in [-0.3, -0.25) is 9.69 Å². The molecule has 0 N–H and O–H groups in total. The quantitative estimate of drug-likeness (QED) is 0.533. The first-order valence-electron chi connectivity index (χ1n) is 3.61. The van der Waals surface area contributed by atoms with Gasteiger partial charge in [0, 0.05) is 18.1 Å². The highest BCUT2D eigenvalue weighted by atomic mass is 32.2. The predicted molar refractivity (Wildman–Crippen MR) is 45.8 cm³/mol. The second kappa shape index (κ2) is 3.97. The van der Waals surface area contributed by atoms with Gasteiger partial charge in [-0.25, -0.2) is 0 Å². The highest BCUT2D eigenvalue weighted by Crippen LogP contribution is 2.15. The van der Waals surface area contributed by atoms with Crippen LogP contribution in [0.2, 0.25) is 0 Å². The van der Waals surface area contributed by atoms with Crippen LogP contribution in [0.15, 0.2) is 0 Å². The Morgan fingerprint density at radius 3 is 3.00 bits per heavy atom. The van der Waals surface area contributed by atoms with E-state index < -0.39 is 0 Å². The Labute approximate surface area is 71.1 Å². The third-order valence-electron chi connectivity index (χ3n) is 1.87. The highest BCUT2D eigenvalue weighted by molar-refractivity contribution is 7.99. The summed E-state index contributed by atoms with van der Waals surface area (Å²) in [4.78, 5) is 13.1. The molecule has 4 heteroatoms. The Hall–Kier alpha value is -0.220. The molecule has 0 aromatic rings. The second-order valence-corrected chi connectivity index (χ2v) is 3.74. The van der Waals surface area contributed by atoms with Crippen molar-refractivity contribution in [3.8, 4) is 0 Å². The fourth-order valence-corrected chi connectivity index (χ4v) is 2.27. The number of carbonyl (C=O) groups excluding carboxylic acids is 1. The van der Waals surface area contributed by atoms with E-state index in [0.29, 0.717) is 0 Å². The number of nitrogens with zero attached hydrogens (tertiary/aromatic N) is 1. The van der Waals surface area contributed by atoms with Gasteiger partial charge in [0.2, 0.25) is 0 Å². The Bertz CT molecular complexity index is 151. The van der Waals surface area contributed by atoms with Gasteiger partial charge in [-0.2, -0.15) is 11.8 Å². The van der Waals surface area contributed by atoms with Crippen molar-refractivity contribution >= 4 is 17.7 Å². The molecule has 1 unspecified atom stereocenters. The van der Waals surface area contributed by atoms with Gasteiger partial charge in [0.1, 0.15) is 6.04 Å². The van der Waals surface area contributed by atoms with Crippen LogP contribution in [0.1, 0.15) is 0 Å². The third kappa shape index (κ3) is 2.10. The molecule has 0 saturated carbocycles. The molecule has 1 heterocycles. The third-order valence-corrected chi connectivity index (χ3v) is 2.89. The van der Waals surface area contributed by atoms with E-state index in [1.165, 1.54) is 7.11 Å². The number of rotatable bonds is 1. The molecule has 1 rings (SSSR count). The minimum atomic E-state index is -0.111. The number of thioether (sulfide) groups is 1. The first-order valence-corrected chi connectivity index (χ1v) is 4.77. The van der Waals surface area contributed by atoms with Gasteiger partial charge in [-0.15, -0.1) is 0 Å². The topological polar surface area (TPSA) is 29.5 Å². The lowest BCUT2D eigenvalue weighted by atomic mass is 10.3. The molecule has 1 atom stereocenters. The molecule has 1 aliphatic rings. The molecular weight excluding hydrogens is 162 g/mol. The molecule has 0 aromatic heterocycles. The molecular formula is C7H13NO2S. The standard InChI is InChI=1S/C7H13NO2S/c1-8-3-4-11-5-6(8)7(9)10-2/h6H,3-5H2,1-2H3. The minimum Gasteiger partial charge on any atom is -0.468 e. The number of methoxy groups -OCH3 is 1. The van der Waals surface area contributed by atoms with Crippen molar-refractivity contribution in [2.45, 2.75) is 6.04 Å². The minimum absolute atomic E-state index is 0.0289. The van der Waals surface area contributed by atoms with Crippen molar-refractivity contribution < 1.29 is 9.53 Å². The molecule has 0 aromatic carbocycles. The molecule has 11 heavy (non-hydrogen) atoms. The Morgan fingerprint density at radius 1 is 1.73 bits per heavy atom. The maximum absolute atomic E-state index is 11.1. The lowest BCUT2D eigenvalue weighted by Gasteiger charge is -2.29. The van der Waals surface area contributed by atoms with Gasteiger partial charge in [0.15, 0.2) is 0 Å². The maximum Gasteiger partial charge on any atom is 0.323 e. The van der Waals surface area contributed by atoms with E-state index in [0.717, 1.165) is 18.1 Å². The van der Waals surface area contributed by atoms with Crippen LogP contribution in [0, 0.1) is 0 Å². The SMILES string of the molecule is COC(=O)C1CSCCN1C. The van der Waals surface area contributed by atoms with Gasteiger partial charge in [-0.1, -0.05) is 0 Å². The van der Waals surface area contributed by atoms with Crippen molar-refractivity contribution in [2.24, 2.45) is 0 Å². The summed E-state index contributed by atoms with van der Waals surface area (Å²) in [5.41, 5.74) is 0. The zero-order valence-electron chi connectivity index (χ0n) is 6.87. The van der Waals surface area contributed by atoms with Gasteiger partial charge >= 0.3 is 5.97 Å². The van der Waals surface area contributed by atoms with Crippen LogP contribution in [0.25, 0.3) is 0 Å². The van der Waals surface area contributed by atoms with Crippen LogP contribution in [-0.2, 0) is 9.53 Å². The van der Waals surface area contributed by atoms with Crippen LogP contribution in [0.3, 0.4) is 0 Å². The van der Waals surface area contributed by atoms with E-state index in [9.17, 15) is 4.79 Å². The van der Waals surface area contributed by atoms with Crippen LogP contribution in [0.5, 0.6) is 0 Å². The summed E-state index contributed by atoms with van der Waals surface area (Å²) in [7, 11) is 3.40. The van der Waals surface area contributed by atoms with Crippen LogP contribution < -0.4 is 0 Å². The van der Waals surface area contributed by atoms with Crippen molar-refractivity contribution in [1.29, 1.82) is 0 Å². The number of hydrogen-bond donors (Lipinski definition) is 0. The summed E-state index contributed by atoms with van der Waals surface area (Å²) in [6, 6.07) is -0.0289. The highest BCUT2D eigenvalue weighted by Gasteiger charge is 2.26. The molecule has 64 valence electrons. The Balaban J connectivity index is 2.47. The van der Waals surface area contributed by atoms with E-state index in [1.807, 2.05) is 23.7 Å². The summed E-state index contributed by atoms with van der Waals surface area (Å²) in [6.07, 6.45) is 0. The van der Waals surface area contributed by atoms with Crippen LogP contribution >= 0.6 is 11.8 Å². The largest absolute Gasteiger partial charge is 0.468 e. The molecule has 1 aliphatic heterocycles. The van der Waals surface area contributed by atoms with E-state index in [-0.39, 0.29) is 12.0 Å². The number of carbonyl (C=O) groups is 1. The smallest absolute Gasteiger partial charge is 0.323 e. The van der Waals surface area contributed by atoms with Gasteiger partial charge in [-0.05, 0) is 7.05 Å². The zero-order chi connectivity index (χ0) is 8.27. The van der Waals surface area contributed by atoms with Crippen LogP contribution in [0.4, 0.5) is 0 Å². The normalized spacial score (nSPS) is 26.5. The monoisotopic (exact) mass is 175 g/mol. The fourth-order valence-electron chi connectivity index (χ4n) is 1.07. The molecule has 1 saturated heterocycles. The molecule has 3 nitrogen and oxygen atoms in total. The van der Waals surface area contributed by atoms with Crippen LogP contribution in [-0.4, -0.2) is 49.1 Å². The van der Waals surface area contributed by atoms with E-state index in [1.54, 1.807) is 0 Å². The summed E-state index contributed by atoms with van der Waals surface area (Å²) < 4.78 is 4.67. The van der Waals surface area contributed by atoms with Crippen molar-refractivity contribution in [3.63, 3.8) is 0 Å². The number of ether oxygens (including phenoxy) is 1. The summed E-state index contributed by atoms with van der Waals surface area (Å²) in [5.74, 6) is 1.87. The number of hydrogen-bond acceptors (Lipinski definition) is 4. The lowest BCUT2D eigenvalue weighted by Crippen LogP contribution is -2.45. The lowest BCUT2D eigenvalue weighted by molar-refractivity contribution is -0.145. The Kier molecular flexibility index (Phi) is 3.20. The van der Waals surface area contributed by atoms with Crippen molar-refractivity contribution in [3.05, 3.63) is 0 Å². The summed E-state index contributed by atoms with van der Waals surface area (Å²) in [5, 5.41) is 0. The second-order valence-electron chi connectivity index (χ2n) is 2.59. The molecule has 0 radical (unpaired) electrons. The fraction of sp³-hybridized carbons (Fsp3) is 0.857. The summed E-state index contributed by atoms with van der Waals surface area (Å²) in [6.45, 7) is 0.977. The first-order chi connectivity index (χ1) is 5.25. The van der Waals surface area contributed by atoms with Gasteiger partial charge < -0.3 is 4.74 Å².